The fraction of sp³-hybridized carbons (Fsp3) is 0.185. The zero-order valence-corrected chi connectivity index (χ0v) is 24.4. The molecule has 1 atom stereocenters. The quantitative estimate of drug-likeness (QED) is 0.125. The maximum absolute atomic E-state index is 13.4. The summed E-state index contributed by atoms with van der Waals surface area (Å²) < 4.78 is 21.0. The van der Waals surface area contributed by atoms with Crippen molar-refractivity contribution in [1.29, 1.82) is 0 Å². The molecule has 0 fully saturated rings. The number of hydrogen-bond donors (Lipinski definition) is 1. The molecule has 0 bridgehead atoms. The molecular weight excluding hydrogens is 653 g/mol. The molecule has 0 aliphatic carbocycles. The lowest BCUT2D eigenvalue weighted by Crippen LogP contribution is -2.24. The molecule has 13 heteroatoms. The van der Waals surface area contributed by atoms with Crippen molar-refractivity contribution in [3.8, 4) is 5.75 Å². The van der Waals surface area contributed by atoms with E-state index in [4.69, 9.17) is 4.74 Å². The maximum Gasteiger partial charge on any atom is 0.312 e. The molecule has 1 heterocycles. The second-order valence-corrected chi connectivity index (χ2v) is 10.6. The smallest absolute Gasteiger partial charge is 0.312 e. The predicted molar refractivity (Wildman–Crippen MR) is 157 cm³/mol. The molecule has 0 saturated carbocycles. The van der Waals surface area contributed by atoms with Crippen LogP contribution in [0, 0.1) is 15.9 Å². The highest BCUT2D eigenvalue weighted by atomic mass is 79.9. The Hall–Kier alpha value is -3.97. The number of halogens is 3. The second kappa shape index (κ2) is 12.5. The average Bonchev–Trinajstić information content (AvgIpc) is 2.92. The number of benzene rings is 3. The fourth-order valence-corrected chi connectivity index (χ4v) is 4.58. The molecule has 0 unspecified atom stereocenters. The van der Waals surface area contributed by atoms with E-state index < -0.39 is 34.5 Å². The van der Waals surface area contributed by atoms with Crippen LogP contribution in [-0.2, 0) is 4.79 Å². The van der Waals surface area contributed by atoms with Crippen LogP contribution in [0.3, 0.4) is 0 Å². The van der Waals surface area contributed by atoms with Gasteiger partial charge in [-0.05, 0) is 55.0 Å². The summed E-state index contributed by atoms with van der Waals surface area (Å²) in [5.74, 6) is -1.01. The largest absolute Gasteiger partial charge is 0.476 e. The molecule has 0 spiro atoms. The molecule has 0 radical (unpaired) electrons. The number of nitro benzene ring substituents is 1. The first kappa shape index (κ1) is 29.0. The number of nitrogens with zero attached hydrogens (tertiary/aromatic N) is 4. The highest BCUT2D eigenvalue weighted by Crippen LogP contribution is 2.34. The minimum Gasteiger partial charge on any atom is -0.476 e. The van der Waals surface area contributed by atoms with Gasteiger partial charge in [0.25, 0.3) is 11.5 Å². The van der Waals surface area contributed by atoms with Crippen LogP contribution in [0.5, 0.6) is 5.75 Å². The van der Waals surface area contributed by atoms with E-state index in [0.29, 0.717) is 37.8 Å². The summed E-state index contributed by atoms with van der Waals surface area (Å²) in [6.07, 6.45) is 1.94. The maximum atomic E-state index is 13.4. The lowest BCUT2D eigenvalue weighted by Gasteiger charge is -2.14. The number of fused-ring (bicyclic) bond motifs is 1. The van der Waals surface area contributed by atoms with Crippen molar-refractivity contribution >= 4 is 66.3 Å². The van der Waals surface area contributed by atoms with E-state index in [1.54, 1.807) is 18.2 Å². The van der Waals surface area contributed by atoms with Gasteiger partial charge in [-0.25, -0.2) is 9.37 Å². The first-order valence-corrected chi connectivity index (χ1v) is 13.6. The Bertz CT molecular complexity index is 1690. The second-order valence-electron chi connectivity index (χ2n) is 8.75. The number of amides is 1. The number of carbonyl (C=O) groups is 1. The Morgan fingerprint density at radius 2 is 1.93 bits per heavy atom. The van der Waals surface area contributed by atoms with E-state index in [2.05, 4.69) is 47.3 Å². The lowest BCUT2D eigenvalue weighted by molar-refractivity contribution is -0.385. The van der Waals surface area contributed by atoms with Crippen molar-refractivity contribution in [3.05, 3.63) is 101 Å². The van der Waals surface area contributed by atoms with Crippen molar-refractivity contribution in [2.24, 2.45) is 5.10 Å². The number of ether oxygens (including phenoxy) is 1. The third-order valence-electron chi connectivity index (χ3n) is 5.93. The monoisotopic (exact) mass is 673 g/mol. The SMILES string of the molecule is CC[C@H](C)c1nc2ccc(Br)cc2c(=O)n1N=Cc1cc(Br)cc([N+](=O)[O-])c1OCC(=O)Nc1ccc(F)cc1. The molecule has 1 amide bonds. The van der Waals surface area contributed by atoms with Gasteiger partial charge >= 0.3 is 5.69 Å². The molecule has 1 aromatic heterocycles. The van der Waals surface area contributed by atoms with Gasteiger partial charge in [0.15, 0.2) is 6.61 Å². The van der Waals surface area contributed by atoms with E-state index in [0.717, 1.165) is 0 Å². The van der Waals surface area contributed by atoms with Crippen molar-refractivity contribution in [2.75, 3.05) is 11.9 Å². The molecule has 10 nitrogen and oxygen atoms in total. The van der Waals surface area contributed by atoms with Gasteiger partial charge in [-0.3, -0.25) is 19.7 Å². The molecular formula is C27H22Br2FN5O5. The molecule has 3 aromatic carbocycles. The van der Waals surface area contributed by atoms with Crippen molar-refractivity contribution in [1.82, 2.24) is 9.66 Å². The van der Waals surface area contributed by atoms with Crippen molar-refractivity contribution in [2.45, 2.75) is 26.2 Å². The molecule has 4 aromatic rings. The highest BCUT2D eigenvalue weighted by molar-refractivity contribution is 9.10. The number of carbonyl (C=O) groups excluding carboxylic acids is 1. The molecule has 4 rings (SSSR count). The number of nitrogens with one attached hydrogen (secondary N) is 1. The Labute approximate surface area is 244 Å². The van der Waals surface area contributed by atoms with Crippen LogP contribution in [0.2, 0.25) is 0 Å². The zero-order valence-electron chi connectivity index (χ0n) is 21.2. The Morgan fingerprint density at radius 1 is 1.20 bits per heavy atom. The number of anilines is 1. The lowest BCUT2D eigenvalue weighted by atomic mass is 10.1. The van der Waals surface area contributed by atoms with Gasteiger partial charge in [0.2, 0.25) is 5.75 Å². The van der Waals surface area contributed by atoms with Crippen LogP contribution >= 0.6 is 31.9 Å². The Balaban J connectivity index is 1.74. The summed E-state index contributed by atoms with van der Waals surface area (Å²) in [7, 11) is 0. The predicted octanol–water partition coefficient (Wildman–Crippen LogP) is 6.38. The van der Waals surface area contributed by atoms with Crippen LogP contribution in [0.4, 0.5) is 15.8 Å². The molecule has 40 heavy (non-hydrogen) atoms. The summed E-state index contributed by atoms with van der Waals surface area (Å²) >= 11 is 6.63. The van der Waals surface area contributed by atoms with E-state index in [9.17, 15) is 24.1 Å². The minimum atomic E-state index is -0.652. The van der Waals surface area contributed by atoms with Crippen LogP contribution < -0.4 is 15.6 Å². The number of aromatic nitrogens is 2. The third-order valence-corrected chi connectivity index (χ3v) is 6.89. The average molecular weight is 675 g/mol. The number of nitro groups is 1. The van der Waals surface area contributed by atoms with Crippen LogP contribution in [0.15, 0.2) is 73.4 Å². The normalized spacial score (nSPS) is 12.0. The van der Waals surface area contributed by atoms with Gasteiger partial charge in [0.1, 0.15) is 11.6 Å². The molecule has 0 saturated heterocycles. The van der Waals surface area contributed by atoms with Crippen molar-refractivity contribution in [3.63, 3.8) is 0 Å². The van der Waals surface area contributed by atoms with Gasteiger partial charge in [-0.2, -0.15) is 9.78 Å². The van der Waals surface area contributed by atoms with E-state index in [-0.39, 0.29) is 17.2 Å². The van der Waals surface area contributed by atoms with E-state index in [1.807, 2.05) is 13.8 Å². The molecule has 1 N–H and O–H groups in total. The van der Waals surface area contributed by atoms with Crippen LogP contribution in [0.1, 0.15) is 37.6 Å². The molecule has 0 aliphatic heterocycles. The minimum absolute atomic E-state index is 0.124. The van der Waals surface area contributed by atoms with E-state index >= 15 is 0 Å². The standard InChI is InChI=1S/C27H22Br2FN5O5/c1-3-15(2)26-33-22-9-4-17(28)11-21(22)27(37)34(26)31-13-16-10-18(29)12-23(35(38)39)25(16)40-14-24(36)32-20-7-5-19(30)6-8-20/h4-13,15H,3,14H2,1-2H3,(H,32,36)/t15-/m0/s1. The van der Waals surface area contributed by atoms with Gasteiger partial charge in [-0.15, -0.1) is 0 Å². The van der Waals surface area contributed by atoms with E-state index in [1.165, 1.54) is 47.3 Å². The Kier molecular flexibility index (Phi) is 9.05. The van der Waals surface area contributed by atoms with Gasteiger partial charge in [0.05, 0.1) is 22.0 Å². The van der Waals surface area contributed by atoms with Crippen LogP contribution in [0.25, 0.3) is 10.9 Å². The molecule has 0 aliphatic rings. The number of hydrogen-bond acceptors (Lipinski definition) is 7. The summed E-state index contributed by atoms with van der Waals surface area (Å²) in [5.41, 5.74) is 0.162. The van der Waals surface area contributed by atoms with Crippen molar-refractivity contribution < 1.29 is 18.8 Å². The zero-order chi connectivity index (χ0) is 29.0. The summed E-state index contributed by atoms with van der Waals surface area (Å²) in [6, 6.07) is 13.0. The van der Waals surface area contributed by atoms with Gasteiger partial charge < -0.3 is 10.1 Å². The summed E-state index contributed by atoms with van der Waals surface area (Å²) in [5, 5.41) is 19.1. The first-order chi connectivity index (χ1) is 19.1. The highest BCUT2D eigenvalue weighted by Gasteiger charge is 2.22. The fourth-order valence-electron chi connectivity index (χ4n) is 3.76. The summed E-state index contributed by atoms with van der Waals surface area (Å²) in [4.78, 5) is 41.7. The topological polar surface area (TPSA) is 129 Å². The van der Waals surface area contributed by atoms with Crippen LogP contribution in [-0.4, -0.2) is 33.3 Å². The number of rotatable bonds is 9. The molecule has 206 valence electrons. The third kappa shape index (κ3) is 6.59. The summed E-state index contributed by atoms with van der Waals surface area (Å²) in [6.45, 7) is 3.29. The van der Waals surface area contributed by atoms with Gasteiger partial charge in [-0.1, -0.05) is 45.7 Å². The Morgan fingerprint density at radius 3 is 2.60 bits per heavy atom. The van der Waals surface area contributed by atoms with Gasteiger partial charge in [0, 0.05) is 32.2 Å². The first-order valence-electron chi connectivity index (χ1n) is 12.0.